The van der Waals surface area contributed by atoms with Crippen LogP contribution in [0, 0.1) is 17.2 Å². The van der Waals surface area contributed by atoms with Crippen LogP contribution in [0.4, 0.5) is 5.00 Å². The molecule has 2 aliphatic rings. The number of hydrogen-bond donors (Lipinski definition) is 2. The highest BCUT2D eigenvalue weighted by Crippen LogP contribution is 2.39. The third-order valence-electron chi connectivity index (χ3n) is 6.09. The van der Waals surface area contributed by atoms with Crippen molar-refractivity contribution in [3.05, 3.63) is 40.0 Å². The lowest BCUT2D eigenvalue weighted by molar-refractivity contribution is -0.910. The van der Waals surface area contributed by atoms with E-state index < -0.39 is 0 Å². The normalized spacial score (nSPS) is 24.4. The molecular formula is C21H27N4OS+. The summed E-state index contributed by atoms with van der Waals surface area (Å²) >= 11 is 1.61. The van der Waals surface area contributed by atoms with Gasteiger partial charge >= 0.3 is 0 Å². The van der Waals surface area contributed by atoms with Gasteiger partial charge in [0.15, 0.2) is 6.54 Å². The minimum atomic E-state index is 0.0225. The molecule has 2 aromatic rings. The number of hydrogen-bond acceptors (Lipinski definition) is 3. The Kier molecular flexibility index (Phi) is 5.07. The zero-order valence-electron chi connectivity index (χ0n) is 16.0. The van der Waals surface area contributed by atoms with Gasteiger partial charge in [-0.25, -0.2) is 0 Å². The molecule has 0 aromatic carbocycles. The van der Waals surface area contributed by atoms with Gasteiger partial charge in [-0.3, -0.25) is 4.79 Å². The number of thiophene rings is 1. The number of likely N-dealkylation sites (tertiary alicyclic amines) is 1. The molecule has 5 nitrogen and oxygen atoms in total. The molecule has 1 amide bonds. The third-order valence-corrected chi connectivity index (χ3v) is 7.26. The van der Waals surface area contributed by atoms with Crippen LogP contribution < -0.4 is 10.2 Å². The number of quaternary nitrogens is 1. The van der Waals surface area contributed by atoms with Crippen molar-refractivity contribution >= 4 is 22.2 Å². The number of carbonyl (C=O) groups is 1. The fourth-order valence-corrected chi connectivity index (χ4v) is 6.03. The second-order valence-corrected chi connectivity index (χ2v) is 9.14. The SMILES string of the molecule is C[C@H]1CCc2c(sc(NC(=O)C[NH+]3CCC[C@@H]3c3cccn3C)c2C#N)C1. The maximum Gasteiger partial charge on any atom is 0.280 e. The van der Waals surface area contributed by atoms with Gasteiger partial charge in [-0.2, -0.15) is 5.26 Å². The molecule has 3 heterocycles. The molecule has 6 heteroatoms. The molecule has 1 unspecified atom stereocenters. The van der Waals surface area contributed by atoms with Gasteiger partial charge in [-0.15, -0.1) is 11.3 Å². The summed E-state index contributed by atoms with van der Waals surface area (Å²) in [4.78, 5) is 15.4. The van der Waals surface area contributed by atoms with Crippen LogP contribution in [0.2, 0.25) is 0 Å². The monoisotopic (exact) mass is 383 g/mol. The number of fused-ring (bicyclic) bond motifs is 1. The molecule has 1 saturated heterocycles. The number of carbonyl (C=O) groups excluding carboxylic acids is 1. The topological polar surface area (TPSA) is 62.3 Å². The van der Waals surface area contributed by atoms with Crippen LogP contribution in [0.15, 0.2) is 18.3 Å². The van der Waals surface area contributed by atoms with Crippen molar-refractivity contribution in [1.82, 2.24) is 4.57 Å². The fraction of sp³-hybridized carbons (Fsp3) is 0.524. The van der Waals surface area contributed by atoms with Gasteiger partial charge in [-0.05, 0) is 42.9 Å². The highest BCUT2D eigenvalue weighted by atomic mass is 32.1. The van der Waals surface area contributed by atoms with Gasteiger partial charge in [0.05, 0.1) is 17.8 Å². The van der Waals surface area contributed by atoms with E-state index in [2.05, 4.69) is 48.3 Å². The van der Waals surface area contributed by atoms with E-state index in [-0.39, 0.29) is 5.91 Å². The van der Waals surface area contributed by atoms with E-state index in [9.17, 15) is 10.1 Å². The quantitative estimate of drug-likeness (QED) is 0.852. The van der Waals surface area contributed by atoms with E-state index in [1.54, 1.807) is 11.3 Å². The number of amides is 1. The Hall–Kier alpha value is -2.10. The van der Waals surface area contributed by atoms with Crippen molar-refractivity contribution < 1.29 is 9.69 Å². The van der Waals surface area contributed by atoms with Gasteiger partial charge in [0.1, 0.15) is 17.1 Å². The van der Waals surface area contributed by atoms with Crippen molar-refractivity contribution in [3.8, 4) is 6.07 Å². The number of nitrogens with one attached hydrogen (secondary N) is 2. The molecule has 1 fully saturated rings. The van der Waals surface area contributed by atoms with Crippen LogP contribution in [-0.2, 0) is 24.7 Å². The summed E-state index contributed by atoms with van der Waals surface area (Å²) in [5, 5.41) is 13.5. The highest BCUT2D eigenvalue weighted by molar-refractivity contribution is 7.16. The Labute approximate surface area is 164 Å². The Balaban J connectivity index is 1.47. The molecule has 0 radical (unpaired) electrons. The Bertz CT molecular complexity index is 891. The maximum atomic E-state index is 12.8. The zero-order valence-corrected chi connectivity index (χ0v) is 16.9. The predicted octanol–water partition coefficient (Wildman–Crippen LogP) is 2.44. The molecule has 0 bridgehead atoms. The first kappa shape index (κ1) is 18.3. The van der Waals surface area contributed by atoms with Crippen molar-refractivity contribution in [3.63, 3.8) is 0 Å². The van der Waals surface area contributed by atoms with E-state index in [4.69, 9.17) is 0 Å². The molecule has 27 heavy (non-hydrogen) atoms. The largest absolute Gasteiger partial charge is 0.350 e. The summed E-state index contributed by atoms with van der Waals surface area (Å²) in [7, 11) is 2.07. The van der Waals surface area contributed by atoms with Crippen LogP contribution in [0.5, 0.6) is 0 Å². The first-order valence-corrected chi connectivity index (χ1v) is 10.7. The van der Waals surface area contributed by atoms with Gasteiger partial charge in [0.2, 0.25) is 0 Å². The van der Waals surface area contributed by atoms with Gasteiger partial charge in [0.25, 0.3) is 5.91 Å². The molecule has 142 valence electrons. The third kappa shape index (κ3) is 3.54. The standard InChI is InChI=1S/C21H26N4OS/c1-14-7-8-15-16(12-22)21(27-19(15)11-14)23-20(26)13-25-10-4-6-18(25)17-5-3-9-24(17)2/h3,5,9,14,18H,4,6-8,10-11,13H2,1-2H3,(H,23,26)/p+1/t14-,18+/m0/s1. The predicted molar refractivity (Wildman–Crippen MR) is 107 cm³/mol. The summed E-state index contributed by atoms with van der Waals surface area (Å²) in [6.07, 6.45) is 7.45. The number of anilines is 1. The number of nitriles is 1. The number of nitrogens with zero attached hydrogens (tertiary/aromatic N) is 2. The minimum Gasteiger partial charge on any atom is -0.350 e. The lowest BCUT2D eigenvalue weighted by Gasteiger charge is -2.21. The van der Waals surface area contributed by atoms with Gasteiger partial charge in [-0.1, -0.05) is 6.92 Å². The summed E-state index contributed by atoms with van der Waals surface area (Å²) in [6.45, 7) is 3.74. The Morgan fingerprint density at radius 2 is 2.33 bits per heavy atom. The van der Waals surface area contributed by atoms with E-state index in [1.165, 1.54) is 21.0 Å². The zero-order chi connectivity index (χ0) is 19.0. The Morgan fingerprint density at radius 1 is 1.48 bits per heavy atom. The fourth-order valence-electron chi connectivity index (χ4n) is 4.65. The van der Waals surface area contributed by atoms with Crippen LogP contribution in [0.1, 0.15) is 53.9 Å². The molecular weight excluding hydrogens is 356 g/mol. The first-order valence-electron chi connectivity index (χ1n) is 9.87. The van der Waals surface area contributed by atoms with E-state index in [0.717, 1.165) is 43.6 Å². The van der Waals surface area contributed by atoms with Crippen LogP contribution >= 0.6 is 11.3 Å². The molecule has 4 rings (SSSR count). The lowest BCUT2D eigenvalue weighted by atomic mass is 9.89. The van der Waals surface area contributed by atoms with E-state index in [0.29, 0.717) is 24.1 Å². The van der Waals surface area contributed by atoms with Crippen molar-refractivity contribution in [2.45, 2.75) is 45.1 Å². The molecule has 3 atom stereocenters. The Morgan fingerprint density at radius 3 is 3.07 bits per heavy atom. The van der Waals surface area contributed by atoms with Gasteiger partial charge < -0.3 is 14.8 Å². The second kappa shape index (κ2) is 7.49. The van der Waals surface area contributed by atoms with Crippen LogP contribution in [0.25, 0.3) is 0 Å². The number of rotatable bonds is 4. The average molecular weight is 384 g/mol. The number of aryl methyl sites for hydroxylation is 1. The molecule has 2 aromatic heterocycles. The molecule has 1 aliphatic heterocycles. The summed E-state index contributed by atoms with van der Waals surface area (Å²) < 4.78 is 2.16. The van der Waals surface area contributed by atoms with Crippen LogP contribution in [-0.4, -0.2) is 23.6 Å². The van der Waals surface area contributed by atoms with E-state index in [1.807, 2.05) is 0 Å². The van der Waals surface area contributed by atoms with E-state index >= 15 is 0 Å². The summed E-state index contributed by atoms with van der Waals surface area (Å²) in [5.41, 5.74) is 3.17. The highest BCUT2D eigenvalue weighted by Gasteiger charge is 2.33. The van der Waals surface area contributed by atoms with Crippen molar-refractivity contribution in [1.29, 1.82) is 5.26 Å². The molecule has 2 N–H and O–H groups in total. The maximum absolute atomic E-state index is 12.8. The second-order valence-electron chi connectivity index (χ2n) is 8.04. The smallest absolute Gasteiger partial charge is 0.280 e. The van der Waals surface area contributed by atoms with Crippen LogP contribution in [0.3, 0.4) is 0 Å². The molecule has 1 aliphatic carbocycles. The summed E-state index contributed by atoms with van der Waals surface area (Å²) in [6, 6.07) is 6.95. The van der Waals surface area contributed by atoms with Gasteiger partial charge in [0, 0.05) is 31.0 Å². The lowest BCUT2D eigenvalue weighted by Crippen LogP contribution is -3.11. The van der Waals surface area contributed by atoms with Crippen molar-refractivity contribution in [2.75, 3.05) is 18.4 Å². The minimum absolute atomic E-state index is 0.0225. The molecule has 0 saturated carbocycles. The summed E-state index contributed by atoms with van der Waals surface area (Å²) in [5.74, 6) is 0.681. The molecule has 0 spiro atoms. The van der Waals surface area contributed by atoms with Crippen molar-refractivity contribution in [2.24, 2.45) is 13.0 Å². The first-order chi connectivity index (χ1) is 13.1. The number of aromatic nitrogens is 1. The average Bonchev–Trinajstić information content (AvgIpc) is 3.32.